The minimum absolute atomic E-state index is 0.139. The highest BCUT2D eigenvalue weighted by atomic mass is 16.3. The van der Waals surface area contributed by atoms with Crippen LogP contribution < -0.4 is 20.9 Å². The minimum atomic E-state index is -0.539. The van der Waals surface area contributed by atoms with Gasteiger partial charge in [0.2, 0.25) is 5.78 Å². The molecule has 2 aromatic carbocycles. The molecular formula is C37H50N4O3. The Balaban J connectivity index is 1.52. The standard InChI is InChI=1S/C37H50N4O3/c1-7-21-41(34-16-11-8-13-26(34)3)22-20-25(2)32-19-18-30(24-33(32)39-29(6)36(42)35-17-12-23-44-35)37(43)40-28(5)27(4)38-31-14-9-10-15-31/h8,11-13,16-19,23-25,28-29,31,38-39H,4,7,9-10,14-15,20-22H2,1-3,5-6H3,(H,40,43)/t25-,28+,29-/m1/s1. The van der Waals surface area contributed by atoms with Gasteiger partial charge in [0.15, 0.2) is 5.76 Å². The molecule has 7 heteroatoms. The molecule has 4 rings (SSSR count). The van der Waals surface area contributed by atoms with Crippen LogP contribution in [0.15, 0.2) is 77.6 Å². The zero-order valence-corrected chi connectivity index (χ0v) is 27.1. The second-order valence-corrected chi connectivity index (χ2v) is 12.3. The number of ketones is 1. The van der Waals surface area contributed by atoms with Crippen LogP contribution >= 0.6 is 0 Å². The number of carbonyl (C=O) groups is 2. The van der Waals surface area contributed by atoms with E-state index in [0.717, 1.165) is 55.7 Å². The number of rotatable bonds is 16. The molecule has 1 saturated carbocycles. The van der Waals surface area contributed by atoms with Gasteiger partial charge in [-0.1, -0.05) is 57.5 Å². The lowest BCUT2D eigenvalue weighted by molar-refractivity contribution is 0.0939. The van der Waals surface area contributed by atoms with Crippen molar-refractivity contribution in [3.63, 3.8) is 0 Å². The van der Waals surface area contributed by atoms with Crippen LogP contribution in [0.2, 0.25) is 0 Å². The summed E-state index contributed by atoms with van der Waals surface area (Å²) in [5.74, 6) is 0.176. The maximum absolute atomic E-state index is 13.4. The zero-order valence-electron chi connectivity index (χ0n) is 27.1. The summed E-state index contributed by atoms with van der Waals surface area (Å²) in [6.07, 6.45) is 8.23. The lowest BCUT2D eigenvalue weighted by Gasteiger charge is -2.28. The van der Waals surface area contributed by atoms with E-state index in [0.29, 0.717) is 17.4 Å². The summed E-state index contributed by atoms with van der Waals surface area (Å²) >= 11 is 0. The smallest absolute Gasteiger partial charge is 0.251 e. The average Bonchev–Trinajstić information content (AvgIpc) is 3.74. The van der Waals surface area contributed by atoms with Gasteiger partial charge in [0.05, 0.1) is 18.3 Å². The number of hydrogen-bond acceptors (Lipinski definition) is 6. The highest BCUT2D eigenvalue weighted by Crippen LogP contribution is 2.31. The van der Waals surface area contributed by atoms with E-state index in [1.807, 2.05) is 32.0 Å². The first kappa shape index (κ1) is 32.9. The molecule has 44 heavy (non-hydrogen) atoms. The minimum Gasteiger partial charge on any atom is -0.461 e. The van der Waals surface area contributed by atoms with Gasteiger partial charge < -0.3 is 25.3 Å². The summed E-state index contributed by atoms with van der Waals surface area (Å²) in [5.41, 5.74) is 5.76. The molecule has 1 fully saturated rings. The number of aryl methyl sites for hydroxylation is 1. The summed E-state index contributed by atoms with van der Waals surface area (Å²) in [6, 6.07) is 17.4. The second kappa shape index (κ2) is 15.6. The SMILES string of the molecule is C=C(NC1CCCC1)[C@H](C)NC(=O)c1ccc([C@H](C)CCN(CCC)c2ccccc2C)c(N[C@H](C)C(=O)c2ccco2)c1. The molecule has 1 aromatic heterocycles. The van der Waals surface area contributed by atoms with Gasteiger partial charge in [0.1, 0.15) is 0 Å². The largest absolute Gasteiger partial charge is 0.461 e. The molecule has 0 unspecified atom stereocenters. The number of Topliss-reactive ketones (excluding diaryl/α,β-unsaturated/α-hetero) is 1. The van der Waals surface area contributed by atoms with Crippen molar-refractivity contribution in [3.05, 3.63) is 95.6 Å². The molecule has 3 N–H and O–H groups in total. The molecule has 3 atom stereocenters. The maximum atomic E-state index is 13.4. The Morgan fingerprint density at radius 3 is 2.43 bits per heavy atom. The molecule has 236 valence electrons. The van der Waals surface area contributed by atoms with Gasteiger partial charge in [-0.25, -0.2) is 0 Å². The van der Waals surface area contributed by atoms with E-state index >= 15 is 0 Å². The van der Waals surface area contributed by atoms with E-state index in [2.05, 4.69) is 72.5 Å². The van der Waals surface area contributed by atoms with Crippen LogP contribution in [-0.2, 0) is 0 Å². The third-order valence-electron chi connectivity index (χ3n) is 8.77. The van der Waals surface area contributed by atoms with Crippen molar-refractivity contribution in [2.24, 2.45) is 0 Å². The molecule has 0 spiro atoms. The molecule has 0 radical (unpaired) electrons. The van der Waals surface area contributed by atoms with Crippen molar-refractivity contribution in [1.29, 1.82) is 0 Å². The van der Waals surface area contributed by atoms with Crippen molar-refractivity contribution < 1.29 is 14.0 Å². The number of nitrogens with one attached hydrogen (secondary N) is 3. The first-order valence-electron chi connectivity index (χ1n) is 16.2. The van der Waals surface area contributed by atoms with Crippen LogP contribution in [0, 0.1) is 6.92 Å². The summed E-state index contributed by atoms with van der Waals surface area (Å²) in [5, 5.41) is 10.0. The molecule has 3 aromatic rings. The number of nitrogens with zero attached hydrogens (tertiary/aromatic N) is 1. The Kier molecular flexibility index (Phi) is 11.7. The first-order chi connectivity index (χ1) is 21.2. The molecule has 1 aliphatic carbocycles. The molecule has 0 saturated heterocycles. The van der Waals surface area contributed by atoms with E-state index in [1.165, 1.54) is 30.4 Å². The number of benzene rings is 2. The summed E-state index contributed by atoms with van der Waals surface area (Å²) < 4.78 is 5.37. The van der Waals surface area contributed by atoms with E-state index in [-0.39, 0.29) is 23.7 Å². The van der Waals surface area contributed by atoms with Crippen LogP contribution in [-0.4, -0.2) is 42.9 Å². The predicted octanol–water partition coefficient (Wildman–Crippen LogP) is 7.85. The Morgan fingerprint density at radius 1 is 1.00 bits per heavy atom. The van der Waals surface area contributed by atoms with Crippen molar-refractivity contribution in [3.8, 4) is 0 Å². The van der Waals surface area contributed by atoms with E-state index in [9.17, 15) is 9.59 Å². The highest BCUT2D eigenvalue weighted by molar-refractivity contribution is 6.00. The normalized spacial score (nSPS) is 15.3. The summed E-state index contributed by atoms with van der Waals surface area (Å²) in [6.45, 7) is 16.4. The third kappa shape index (κ3) is 8.55. The number of amides is 1. The van der Waals surface area contributed by atoms with Crippen LogP contribution in [0.5, 0.6) is 0 Å². The predicted molar refractivity (Wildman–Crippen MR) is 181 cm³/mol. The van der Waals surface area contributed by atoms with Crippen molar-refractivity contribution in [2.75, 3.05) is 23.3 Å². The summed E-state index contributed by atoms with van der Waals surface area (Å²) in [4.78, 5) is 29.0. The van der Waals surface area contributed by atoms with Crippen molar-refractivity contribution in [2.45, 2.75) is 97.2 Å². The van der Waals surface area contributed by atoms with Gasteiger partial charge in [-0.05, 0) is 93.8 Å². The van der Waals surface area contributed by atoms with E-state index in [4.69, 9.17) is 4.42 Å². The van der Waals surface area contributed by atoms with E-state index < -0.39 is 6.04 Å². The fourth-order valence-corrected chi connectivity index (χ4v) is 6.05. The lowest BCUT2D eigenvalue weighted by Crippen LogP contribution is -2.40. The van der Waals surface area contributed by atoms with Gasteiger partial charge >= 0.3 is 0 Å². The fourth-order valence-electron chi connectivity index (χ4n) is 6.05. The molecule has 7 nitrogen and oxygen atoms in total. The summed E-state index contributed by atoms with van der Waals surface area (Å²) in [7, 11) is 0. The van der Waals surface area contributed by atoms with Crippen LogP contribution in [0.25, 0.3) is 0 Å². The quantitative estimate of drug-likeness (QED) is 0.146. The van der Waals surface area contributed by atoms with Gasteiger partial charge in [-0.15, -0.1) is 0 Å². The molecule has 1 amide bonds. The topological polar surface area (TPSA) is 86.6 Å². The third-order valence-corrected chi connectivity index (χ3v) is 8.77. The van der Waals surface area contributed by atoms with Gasteiger partial charge in [0.25, 0.3) is 5.91 Å². The Hall–Kier alpha value is -4.00. The van der Waals surface area contributed by atoms with Crippen LogP contribution in [0.1, 0.15) is 104 Å². The molecular weight excluding hydrogens is 548 g/mol. The van der Waals surface area contributed by atoms with Crippen LogP contribution in [0.3, 0.4) is 0 Å². The number of hydrogen-bond donors (Lipinski definition) is 3. The highest BCUT2D eigenvalue weighted by Gasteiger charge is 2.23. The fraction of sp³-hybridized carbons (Fsp3) is 0.459. The second-order valence-electron chi connectivity index (χ2n) is 12.3. The number of carbonyl (C=O) groups excluding carboxylic acids is 2. The Bertz CT molecular complexity index is 1390. The molecule has 0 aliphatic heterocycles. The monoisotopic (exact) mass is 598 g/mol. The number of para-hydroxylation sites is 1. The maximum Gasteiger partial charge on any atom is 0.251 e. The van der Waals surface area contributed by atoms with E-state index in [1.54, 1.807) is 12.1 Å². The van der Waals surface area contributed by atoms with Gasteiger partial charge in [-0.2, -0.15) is 0 Å². The van der Waals surface area contributed by atoms with Crippen molar-refractivity contribution in [1.82, 2.24) is 10.6 Å². The number of furan rings is 1. The number of anilines is 2. The molecule has 0 bridgehead atoms. The average molecular weight is 599 g/mol. The molecule has 1 heterocycles. The van der Waals surface area contributed by atoms with Gasteiger partial charge in [-0.3, -0.25) is 9.59 Å². The first-order valence-corrected chi connectivity index (χ1v) is 16.2. The van der Waals surface area contributed by atoms with Crippen molar-refractivity contribution >= 4 is 23.1 Å². The Labute approximate surface area is 263 Å². The Morgan fingerprint density at radius 2 is 1.75 bits per heavy atom. The van der Waals surface area contributed by atoms with Gasteiger partial charge in [0, 0.05) is 41.8 Å². The zero-order chi connectivity index (χ0) is 31.6. The molecule has 1 aliphatic rings. The van der Waals surface area contributed by atoms with Crippen LogP contribution in [0.4, 0.5) is 11.4 Å². The lowest BCUT2D eigenvalue weighted by atomic mass is 9.93.